The Labute approximate surface area is 171 Å². The second-order valence-corrected chi connectivity index (χ2v) is 8.34. The molecule has 0 atom stereocenters. The Bertz CT molecular complexity index is 915. The van der Waals surface area contributed by atoms with Crippen molar-refractivity contribution in [2.75, 3.05) is 30.0 Å². The number of carbonyl (C=O) groups is 2. The summed E-state index contributed by atoms with van der Waals surface area (Å²) < 4.78 is 5.40. The molecule has 1 aliphatic heterocycles. The molecular weight excluding hydrogens is 392 g/mol. The lowest BCUT2D eigenvalue weighted by Gasteiger charge is -2.28. The summed E-state index contributed by atoms with van der Waals surface area (Å²) >= 11 is 2.66. The molecule has 0 saturated carbocycles. The fraction of sp³-hybridized carbons (Fsp3) is 0.238. The number of nitrogens with zero attached hydrogens (tertiary/aromatic N) is 2. The van der Waals surface area contributed by atoms with Crippen LogP contribution in [-0.4, -0.2) is 32.0 Å². The van der Waals surface area contributed by atoms with E-state index in [4.69, 9.17) is 4.74 Å². The van der Waals surface area contributed by atoms with E-state index in [2.05, 4.69) is 4.90 Å². The smallest absolute Gasteiger partial charge is 0.275 e. The number of hydrogen-bond donors (Lipinski definition) is 0. The molecule has 1 aliphatic rings. The molecule has 0 unspecified atom stereocenters. The van der Waals surface area contributed by atoms with Crippen molar-refractivity contribution in [3.63, 3.8) is 0 Å². The topological polar surface area (TPSA) is 49.9 Å². The molecule has 0 N–H and O–H groups in total. The molecule has 28 heavy (non-hydrogen) atoms. The van der Waals surface area contributed by atoms with Gasteiger partial charge in [0, 0.05) is 19.2 Å². The Morgan fingerprint density at radius 2 is 1.57 bits per heavy atom. The van der Waals surface area contributed by atoms with E-state index in [1.807, 2.05) is 35.0 Å². The Morgan fingerprint density at radius 3 is 2.07 bits per heavy atom. The molecule has 144 valence electrons. The van der Waals surface area contributed by atoms with Gasteiger partial charge in [-0.05, 0) is 47.9 Å². The van der Waals surface area contributed by atoms with Crippen molar-refractivity contribution in [1.82, 2.24) is 0 Å². The van der Waals surface area contributed by atoms with Gasteiger partial charge in [0.15, 0.2) is 0 Å². The first-order valence-electron chi connectivity index (χ1n) is 9.08. The summed E-state index contributed by atoms with van der Waals surface area (Å²) in [6.45, 7) is 1.82. The summed E-state index contributed by atoms with van der Waals surface area (Å²) in [6, 6.07) is 12.7. The summed E-state index contributed by atoms with van der Waals surface area (Å²) in [4.78, 5) is 31.3. The van der Waals surface area contributed by atoms with Crippen LogP contribution < -0.4 is 14.5 Å². The lowest BCUT2D eigenvalue weighted by molar-refractivity contribution is 0.0902. The lowest BCUT2D eigenvalue weighted by atomic mass is 10.2. The molecule has 0 spiro atoms. The summed E-state index contributed by atoms with van der Waals surface area (Å²) in [6.07, 6.45) is 2.20. The highest BCUT2D eigenvalue weighted by Gasteiger charge is 2.31. The molecule has 0 bridgehead atoms. The second kappa shape index (κ2) is 8.16. The summed E-state index contributed by atoms with van der Waals surface area (Å²) in [5.41, 5.74) is 1.45. The summed E-state index contributed by atoms with van der Waals surface area (Å²) in [5, 5.41) is 3.68. The number of methoxy groups -OCH3 is 1. The number of thiophene rings is 2. The third kappa shape index (κ3) is 3.55. The van der Waals surface area contributed by atoms with Gasteiger partial charge in [0.05, 0.1) is 28.2 Å². The van der Waals surface area contributed by atoms with Gasteiger partial charge >= 0.3 is 0 Å². The highest BCUT2D eigenvalue weighted by Crippen LogP contribution is 2.37. The fourth-order valence-corrected chi connectivity index (χ4v) is 4.67. The van der Waals surface area contributed by atoms with Gasteiger partial charge in [0.25, 0.3) is 11.8 Å². The Balaban J connectivity index is 1.85. The van der Waals surface area contributed by atoms with Crippen LogP contribution in [0.15, 0.2) is 53.2 Å². The lowest BCUT2D eigenvalue weighted by Crippen LogP contribution is -2.37. The van der Waals surface area contributed by atoms with E-state index in [1.165, 1.54) is 27.6 Å². The third-order valence-electron chi connectivity index (χ3n) is 4.74. The molecule has 7 heteroatoms. The SMILES string of the molecule is COc1ccc(N2CCCC2)c(N(C(=O)c2cccs2)C(=O)c2cccs2)c1. The van der Waals surface area contributed by atoms with E-state index in [9.17, 15) is 9.59 Å². The first-order valence-corrected chi connectivity index (χ1v) is 10.8. The number of amides is 2. The molecule has 1 aromatic carbocycles. The molecule has 2 amide bonds. The molecule has 4 rings (SSSR count). The van der Waals surface area contributed by atoms with Crippen LogP contribution in [0.25, 0.3) is 0 Å². The number of hydrogen-bond acceptors (Lipinski definition) is 6. The molecule has 3 aromatic rings. The van der Waals surface area contributed by atoms with E-state index >= 15 is 0 Å². The zero-order chi connectivity index (χ0) is 19.5. The van der Waals surface area contributed by atoms with Crippen LogP contribution in [0.1, 0.15) is 32.2 Å². The van der Waals surface area contributed by atoms with Gasteiger partial charge in [-0.3, -0.25) is 9.59 Å². The average molecular weight is 413 g/mol. The molecule has 0 radical (unpaired) electrons. The molecule has 5 nitrogen and oxygen atoms in total. The van der Waals surface area contributed by atoms with Crippen molar-refractivity contribution in [3.8, 4) is 5.75 Å². The maximum Gasteiger partial charge on any atom is 0.275 e. The predicted octanol–water partition coefficient (Wildman–Crippen LogP) is 4.91. The fourth-order valence-electron chi connectivity index (χ4n) is 3.37. The standard InChI is InChI=1S/C21H20N2O3S2/c1-26-15-8-9-16(22-10-2-3-11-22)17(14-15)23(20(24)18-6-4-12-27-18)21(25)19-7-5-13-28-19/h4-9,12-14H,2-3,10-11H2,1H3. The molecule has 0 aliphatic carbocycles. The van der Waals surface area contributed by atoms with Crippen molar-refractivity contribution in [3.05, 3.63) is 63.0 Å². The summed E-state index contributed by atoms with van der Waals surface area (Å²) in [5.74, 6) is -0.0230. The van der Waals surface area contributed by atoms with Gasteiger partial charge in [0.2, 0.25) is 0 Å². The van der Waals surface area contributed by atoms with E-state index < -0.39 is 0 Å². The minimum Gasteiger partial charge on any atom is -0.497 e. The number of imide groups is 1. The van der Waals surface area contributed by atoms with Crippen LogP contribution >= 0.6 is 22.7 Å². The maximum absolute atomic E-state index is 13.4. The van der Waals surface area contributed by atoms with E-state index in [0.29, 0.717) is 21.2 Å². The Kier molecular flexibility index (Phi) is 5.45. The number of ether oxygens (including phenoxy) is 1. The van der Waals surface area contributed by atoms with Gasteiger partial charge in [-0.1, -0.05) is 12.1 Å². The predicted molar refractivity (Wildman–Crippen MR) is 114 cm³/mol. The number of carbonyl (C=O) groups excluding carboxylic acids is 2. The Morgan fingerprint density at radius 1 is 0.964 bits per heavy atom. The van der Waals surface area contributed by atoms with Crippen molar-refractivity contribution < 1.29 is 14.3 Å². The molecule has 2 aromatic heterocycles. The van der Waals surface area contributed by atoms with Crippen LogP contribution in [0.3, 0.4) is 0 Å². The highest BCUT2D eigenvalue weighted by molar-refractivity contribution is 7.13. The Hall–Kier alpha value is -2.64. The van der Waals surface area contributed by atoms with Crippen LogP contribution in [0.2, 0.25) is 0 Å². The van der Waals surface area contributed by atoms with E-state index in [1.54, 1.807) is 25.3 Å². The zero-order valence-electron chi connectivity index (χ0n) is 15.5. The van der Waals surface area contributed by atoms with Crippen LogP contribution in [0.5, 0.6) is 5.75 Å². The van der Waals surface area contributed by atoms with Crippen molar-refractivity contribution in [2.24, 2.45) is 0 Å². The van der Waals surface area contributed by atoms with Gasteiger partial charge in [0.1, 0.15) is 5.75 Å². The first kappa shape index (κ1) is 18.7. The third-order valence-corrected chi connectivity index (χ3v) is 6.46. The monoisotopic (exact) mass is 412 g/mol. The van der Waals surface area contributed by atoms with Gasteiger partial charge in [-0.2, -0.15) is 0 Å². The number of anilines is 2. The first-order chi connectivity index (χ1) is 13.7. The normalized spacial score (nSPS) is 13.5. The highest BCUT2D eigenvalue weighted by atomic mass is 32.1. The van der Waals surface area contributed by atoms with Gasteiger partial charge < -0.3 is 9.64 Å². The zero-order valence-corrected chi connectivity index (χ0v) is 17.1. The molecular formula is C21H20N2O3S2. The number of benzene rings is 1. The summed E-state index contributed by atoms with van der Waals surface area (Å²) in [7, 11) is 1.58. The van der Waals surface area contributed by atoms with Crippen LogP contribution in [-0.2, 0) is 0 Å². The van der Waals surface area contributed by atoms with Crippen molar-refractivity contribution >= 4 is 45.9 Å². The second-order valence-electron chi connectivity index (χ2n) is 6.45. The molecule has 3 heterocycles. The maximum atomic E-state index is 13.4. The average Bonchev–Trinajstić information content (AvgIpc) is 3.51. The largest absolute Gasteiger partial charge is 0.497 e. The quantitative estimate of drug-likeness (QED) is 0.559. The van der Waals surface area contributed by atoms with Gasteiger partial charge in [-0.15, -0.1) is 22.7 Å². The van der Waals surface area contributed by atoms with E-state index in [0.717, 1.165) is 31.6 Å². The van der Waals surface area contributed by atoms with Crippen LogP contribution in [0.4, 0.5) is 11.4 Å². The minimum atomic E-state index is -0.317. The van der Waals surface area contributed by atoms with E-state index in [-0.39, 0.29) is 11.8 Å². The molecule has 1 saturated heterocycles. The molecule has 1 fully saturated rings. The van der Waals surface area contributed by atoms with Crippen molar-refractivity contribution in [2.45, 2.75) is 12.8 Å². The van der Waals surface area contributed by atoms with Crippen molar-refractivity contribution in [1.29, 1.82) is 0 Å². The van der Waals surface area contributed by atoms with Gasteiger partial charge in [-0.25, -0.2) is 4.90 Å². The van der Waals surface area contributed by atoms with Crippen LogP contribution in [0, 0.1) is 0 Å². The minimum absolute atomic E-state index is 0.317. The number of rotatable bonds is 5.